The van der Waals surface area contributed by atoms with E-state index in [2.05, 4.69) is 29.8 Å². The number of carbonyl (C=O) groups is 6. The number of fused-ring (bicyclic) bond motifs is 1. The normalized spacial score (nSPS) is 29.7. The standard InChI is InChI=1S/C39H64N6O7/c1-22-19-44(20-23(2)52-22)32(49)28(35(3,4)5)42-34(51)43-29(36(6,7)8)33(50)45-21-39(37(9,10)38(39)15-12-16-38)18-26(45)31(48)41-25(27(46)30(40)47)17-24-13-11-14-24/h22-26,28-29H,11-21H2,1-10H3,(H2,40,47)(H,41,48)(H2,42,43,51)/t22-,23+,25?,26?,28?,29?,39?. The van der Waals surface area contributed by atoms with Crippen LogP contribution < -0.4 is 21.7 Å². The summed E-state index contributed by atoms with van der Waals surface area (Å²) in [5.41, 5.74) is 3.60. The van der Waals surface area contributed by atoms with Crippen LogP contribution in [0.4, 0.5) is 4.79 Å². The molecule has 5 unspecified atom stereocenters. The van der Waals surface area contributed by atoms with Gasteiger partial charge in [-0.2, -0.15) is 0 Å². The van der Waals surface area contributed by atoms with Gasteiger partial charge >= 0.3 is 6.03 Å². The monoisotopic (exact) mass is 728 g/mol. The Morgan fingerprint density at radius 2 is 1.35 bits per heavy atom. The first kappa shape index (κ1) is 40.0. The topological polar surface area (TPSA) is 180 Å². The van der Waals surface area contributed by atoms with Gasteiger partial charge in [-0.3, -0.25) is 24.0 Å². The lowest BCUT2D eigenvalue weighted by molar-refractivity contribution is -0.147. The molecule has 0 radical (unpaired) electrons. The maximum atomic E-state index is 14.9. The van der Waals surface area contributed by atoms with Crippen LogP contribution in [0.5, 0.6) is 0 Å². The summed E-state index contributed by atoms with van der Waals surface area (Å²) in [5.74, 6) is -2.80. The molecule has 292 valence electrons. The molecule has 6 amide bonds. The molecule has 52 heavy (non-hydrogen) atoms. The van der Waals surface area contributed by atoms with Gasteiger partial charge in [0.1, 0.15) is 18.1 Å². The quantitative estimate of drug-likeness (QED) is 0.249. The van der Waals surface area contributed by atoms with Gasteiger partial charge in [0.2, 0.25) is 23.5 Å². The zero-order valence-electron chi connectivity index (χ0n) is 33.1. The van der Waals surface area contributed by atoms with Gasteiger partial charge in [0, 0.05) is 25.0 Å². The van der Waals surface area contributed by atoms with E-state index in [0.717, 1.165) is 38.5 Å². The SMILES string of the molecule is C[C@@H]1CN(C(=O)C(NC(=O)NC(C(=O)N2CC3(CC2C(=O)NC(CC2CCC2)C(=O)C(N)=O)C(C)(C)C32CCC2)C(C)(C)C)C(C)(C)C)C[C@H](C)O1. The summed E-state index contributed by atoms with van der Waals surface area (Å²) in [6.45, 7) is 20.7. The zero-order valence-corrected chi connectivity index (χ0v) is 33.1. The Bertz CT molecular complexity index is 1450. The first-order valence-electron chi connectivity index (χ1n) is 19.4. The van der Waals surface area contributed by atoms with Crippen LogP contribution in [0.15, 0.2) is 0 Å². The fourth-order valence-electron chi connectivity index (χ4n) is 10.1. The number of ketones is 1. The Hall–Kier alpha value is -3.22. The number of primary amides is 1. The molecule has 13 nitrogen and oxygen atoms in total. The molecule has 0 aromatic rings. The van der Waals surface area contributed by atoms with Gasteiger partial charge in [0.05, 0.1) is 18.2 Å². The Morgan fingerprint density at radius 3 is 1.77 bits per heavy atom. The highest BCUT2D eigenvalue weighted by Gasteiger charge is 2.85. The minimum absolute atomic E-state index is 0.0126. The Labute approximate surface area is 309 Å². The van der Waals surface area contributed by atoms with Crippen molar-refractivity contribution >= 4 is 35.4 Å². The number of nitrogens with zero attached hydrogens (tertiary/aromatic N) is 2. The molecule has 5 aliphatic rings. The predicted molar refractivity (Wildman–Crippen MR) is 195 cm³/mol. The highest BCUT2D eigenvalue weighted by Crippen LogP contribution is 2.88. The van der Waals surface area contributed by atoms with E-state index < -0.39 is 64.5 Å². The summed E-state index contributed by atoms with van der Waals surface area (Å²) in [6.07, 6.45) is 6.48. The van der Waals surface area contributed by atoms with E-state index in [1.807, 2.05) is 55.4 Å². The lowest BCUT2D eigenvalue weighted by atomic mass is 9.73. The molecule has 2 heterocycles. The first-order valence-corrected chi connectivity index (χ1v) is 19.4. The summed E-state index contributed by atoms with van der Waals surface area (Å²) < 4.78 is 5.83. The largest absolute Gasteiger partial charge is 0.372 e. The van der Waals surface area contributed by atoms with E-state index in [4.69, 9.17) is 10.5 Å². The number of ether oxygens (including phenoxy) is 1. The third kappa shape index (κ3) is 7.07. The zero-order chi connectivity index (χ0) is 38.8. The molecule has 7 atom stereocenters. The van der Waals surface area contributed by atoms with E-state index in [1.54, 1.807) is 9.80 Å². The third-order valence-electron chi connectivity index (χ3n) is 13.6. The molecule has 2 saturated heterocycles. The number of rotatable bonds is 10. The molecule has 0 aromatic carbocycles. The van der Waals surface area contributed by atoms with Gasteiger partial charge in [-0.25, -0.2) is 4.79 Å². The van der Waals surface area contributed by atoms with Gasteiger partial charge in [-0.15, -0.1) is 0 Å². The molecule has 0 bridgehead atoms. The number of carbonyl (C=O) groups excluding carboxylic acids is 6. The minimum atomic E-state index is -1.09. The minimum Gasteiger partial charge on any atom is -0.372 e. The highest BCUT2D eigenvalue weighted by atomic mass is 16.5. The first-order chi connectivity index (χ1) is 24.0. The second-order valence-electron chi connectivity index (χ2n) is 19.4. The molecule has 3 saturated carbocycles. The maximum Gasteiger partial charge on any atom is 0.316 e. The van der Waals surface area contributed by atoms with Crippen molar-refractivity contribution in [1.29, 1.82) is 0 Å². The van der Waals surface area contributed by atoms with Crippen molar-refractivity contribution in [1.82, 2.24) is 25.8 Å². The average molecular weight is 729 g/mol. The molecular weight excluding hydrogens is 664 g/mol. The van der Waals surface area contributed by atoms with Crippen LogP contribution in [0, 0.1) is 33.0 Å². The van der Waals surface area contributed by atoms with Crippen LogP contribution in [0.3, 0.4) is 0 Å². The number of likely N-dealkylation sites (tertiary alicyclic amines) is 1. The number of hydrogen-bond acceptors (Lipinski definition) is 7. The molecule has 2 aliphatic heterocycles. The smallest absolute Gasteiger partial charge is 0.316 e. The number of nitrogens with one attached hydrogen (secondary N) is 3. The average Bonchev–Trinajstić information content (AvgIpc) is 3.19. The van der Waals surface area contributed by atoms with Gasteiger partial charge in [0.25, 0.3) is 5.91 Å². The molecule has 5 fully saturated rings. The molecular formula is C39H64N6O7. The van der Waals surface area contributed by atoms with Gasteiger partial charge in [-0.1, -0.05) is 81.1 Å². The molecule has 13 heteroatoms. The number of urea groups is 1. The van der Waals surface area contributed by atoms with Crippen molar-refractivity contribution in [2.75, 3.05) is 19.6 Å². The number of nitrogens with two attached hydrogens (primary N) is 1. The van der Waals surface area contributed by atoms with Crippen molar-refractivity contribution in [3.8, 4) is 0 Å². The Morgan fingerprint density at radius 1 is 0.808 bits per heavy atom. The van der Waals surface area contributed by atoms with Gasteiger partial charge < -0.3 is 36.2 Å². The number of amides is 6. The van der Waals surface area contributed by atoms with Crippen LogP contribution in [0.25, 0.3) is 0 Å². The fraction of sp³-hybridized carbons (Fsp3) is 0.846. The Balaban J connectivity index is 1.39. The van der Waals surface area contributed by atoms with Crippen LogP contribution in [0.2, 0.25) is 0 Å². The number of Topliss-reactive ketones (excluding diaryl/α,β-unsaturated/α-hetero) is 1. The van der Waals surface area contributed by atoms with Gasteiger partial charge in [-0.05, 0) is 67.1 Å². The second kappa shape index (κ2) is 13.9. The van der Waals surface area contributed by atoms with Crippen molar-refractivity contribution in [3.05, 3.63) is 0 Å². The predicted octanol–water partition coefficient (Wildman–Crippen LogP) is 3.28. The molecule has 5 N–H and O–H groups in total. The molecule has 0 aromatic heterocycles. The lowest BCUT2D eigenvalue weighted by Gasteiger charge is -2.41. The molecule has 2 spiro atoms. The fourth-order valence-corrected chi connectivity index (χ4v) is 10.1. The van der Waals surface area contributed by atoms with Crippen molar-refractivity contribution in [2.45, 2.75) is 157 Å². The van der Waals surface area contributed by atoms with E-state index in [-0.39, 0.29) is 40.3 Å². The van der Waals surface area contributed by atoms with Crippen LogP contribution in [-0.4, -0.2) is 101 Å². The van der Waals surface area contributed by atoms with E-state index in [1.165, 1.54) is 0 Å². The second-order valence-corrected chi connectivity index (χ2v) is 19.4. The summed E-state index contributed by atoms with van der Waals surface area (Å²) >= 11 is 0. The maximum absolute atomic E-state index is 14.9. The van der Waals surface area contributed by atoms with Crippen LogP contribution >= 0.6 is 0 Å². The van der Waals surface area contributed by atoms with E-state index >= 15 is 0 Å². The lowest BCUT2D eigenvalue weighted by Crippen LogP contribution is -2.63. The highest BCUT2D eigenvalue weighted by molar-refractivity contribution is 6.37. The number of morpholine rings is 1. The molecule has 5 rings (SSSR count). The summed E-state index contributed by atoms with van der Waals surface area (Å²) in [4.78, 5) is 85.2. The van der Waals surface area contributed by atoms with Crippen LogP contribution in [-0.2, 0) is 28.7 Å². The van der Waals surface area contributed by atoms with Crippen molar-refractivity contribution in [2.24, 2.45) is 38.7 Å². The third-order valence-corrected chi connectivity index (χ3v) is 13.6. The Kier molecular flexibility index (Phi) is 10.7. The number of hydrogen-bond donors (Lipinski definition) is 4. The van der Waals surface area contributed by atoms with Crippen molar-refractivity contribution in [3.63, 3.8) is 0 Å². The summed E-state index contributed by atoms with van der Waals surface area (Å²) in [6, 6.07) is -4.54. The van der Waals surface area contributed by atoms with E-state index in [0.29, 0.717) is 32.5 Å². The van der Waals surface area contributed by atoms with E-state index in [9.17, 15) is 28.8 Å². The molecule has 3 aliphatic carbocycles. The van der Waals surface area contributed by atoms with Gasteiger partial charge in [0.15, 0.2) is 0 Å². The summed E-state index contributed by atoms with van der Waals surface area (Å²) in [7, 11) is 0. The summed E-state index contributed by atoms with van der Waals surface area (Å²) in [5, 5.41) is 8.68. The van der Waals surface area contributed by atoms with Crippen molar-refractivity contribution < 1.29 is 33.5 Å². The van der Waals surface area contributed by atoms with Crippen LogP contribution in [0.1, 0.15) is 121 Å².